The van der Waals surface area contributed by atoms with E-state index in [0.29, 0.717) is 12.0 Å². The molecule has 0 radical (unpaired) electrons. The smallest absolute Gasteiger partial charge is 0.209 e. The lowest BCUT2D eigenvalue weighted by Crippen LogP contribution is -2.18. The number of ketones is 1. The molecule has 6 nitrogen and oxygen atoms in total. The molecule has 1 rings (SSSR count). The first-order valence-corrected chi connectivity index (χ1v) is 6.59. The Bertz CT molecular complexity index is 526. The lowest BCUT2D eigenvalue weighted by molar-refractivity contribution is -0.113. The molecule has 1 fully saturated rings. The van der Waals surface area contributed by atoms with E-state index in [2.05, 4.69) is 0 Å². The van der Waals surface area contributed by atoms with Gasteiger partial charge in [-0.25, -0.2) is 0 Å². The van der Waals surface area contributed by atoms with Crippen LogP contribution in [0.5, 0.6) is 0 Å². The first-order chi connectivity index (χ1) is 10.1. The summed E-state index contributed by atoms with van der Waals surface area (Å²) in [7, 11) is 0. The van der Waals surface area contributed by atoms with E-state index in [1.165, 1.54) is 18.2 Å². The molecule has 0 aromatic heterocycles. The van der Waals surface area contributed by atoms with E-state index in [1.807, 2.05) is 0 Å². The number of carbonyl (C=O) groups excluding carboxylic acids is 2. The third-order valence-electron chi connectivity index (χ3n) is 3.01. The number of aliphatic hydroxyl groups is 2. The topological polar surface area (TPSA) is 104 Å². The number of rotatable bonds is 8. The third kappa shape index (κ3) is 4.40. The molecule has 0 aromatic carbocycles. The molecule has 0 saturated carbocycles. The molecule has 0 spiro atoms. The Morgan fingerprint density at radius 3 is 2.43 bits per heavy atom. The van der Waals surface area contributed by atoms with Gasteiger partial charge in [0.05, 0.1) is 18.9 Å². The zero-order chi connectivity index (χ0) is 15.8. The van der Waals surface area contributed by atoms with E-state index in [1.54, 1.807) is 17.9 Å². The summed E-state index contributed by atoms with van der Waals surface area (Å²) in [6, 6.07) is 0. The van der Waals surface area contributed by atoms with Crippen molar-refractivity contribution >= 4 is 12.1 Å². The maximum atomic E-state index is 12.5. The van der Waals surface area contributed by atoms with Crippen LogP contribution in [-0.4, -0.2) is 53.5 Å². The standard InChI is InChI=1S/C15H20N2O4/c1-2-11(12(10-20)13(16)4-3-8-18)15(21)14(5-9-19)17-6-7-17/h2-5,9,18,20H,6-8,10,16H2,1H3/b4-3+,11-2-,13-12-,14-5+. The summed E-state index contributed by atoms with van der Waals surface area (Å²) in [5.74, 6) is -0.355. The zero-order valence-corrected chi connectivity index (χ0v) is 12.0. The minimum Gasteiger partial charge on any atom is -0.398 e. The Balaban J connectivity index is 3.16. The highest BCUT2D eigenvalue weighted by molar-refractivity contribution is 6.12. The monoisotopic (exact) mass is 292 g/mol. The lowest BCUT2D eigenvalue weighted by Gasteiger charge is -2.14. The van der Waals surface area contributed by atoms with E-state index >= 15 is 0 Å². The van der Waals surface area contributed by atoms with E-state index in [-0.39, 0.29) is 29.2 Å². The molecule has 0 unspecified atom stereocenters. The second-order valence-corrected chi connectivity index (χ2v) is 4.38. The first kappa shape index (κ1) is 16.9. The van der Waals surface area contributed by atoms with Crippen molar-refractivity contribution in [1.82, 2.24) is 4.90 Å². The van der Waals surface area contributed by atoms with Crippen LogP contribution in [0.1, 0.15) is 6.92 Å². The SMILES string of the molecule is C/C=C(C(=O)/C(=C\C=O)N1CC1)/C(CO)=C(N)/C=C/CO. The number of Topliss-reactive ketones (excluding diaryl/α,β-unsaturated/α-hetero) is 1. The van der Waals surface area contributed by atoms with Gasteiger partial charge in [0.2, 0.25) is 5.78 Å². The highest BCUT2D eigenvalue weighted by Gasteiger charge is 2.29. The average Bonchev–Trinajstić information content (AvgIpc) is 3.31. The van der Waals surface area contributed by atoms with E-state index in [0.717, 1.165) is 13.1 Å². The van der Waals surface area contributed by atoms with Crippen LogP contribution in [0, 0.1) is 0 Å². The van der Waals surface area contributed by atoms with Gasteiger partial charge >= 0.3 is 0 Å². The second kappa shape index (κ2) is 8.18. The molecular formula is C15H20N2O4. The van der Waals surface area contributed by atoms with Gasteiger partial charge < -0.3 is 20.8 Å². The number of aldehydes is 1. The molecule has 6 heteroatoms. The Labute approximate surface area is 123 Å². The maximum Gasteiger partial charge on any atom is 0.209 e. The molecule has 21 heavy (non-hydrogen) atoms. The normalized spacial score (nSPS) is 17.0. The van der Waals surface area contributed by atoms with Crippen LogP contribution in [0.25, 0.3) is 0 Å². The second-order valence-electron chi connectivity index (χ2n) is 4.38. The zero-order valence-electron chi connectivity index (χ0n) is 12.0. The molecule has 0 amide bonds. The van der Waals surface area contributed by atoms with Crippen LogP contribution in [-0.2, 0) is 9.59 Å². The predicted octanol–water partition coefficient (Wildman–Crippen LogP) is -0.346. The fourth-order valence-corrected chi connectivity index (χ4v) is 1.87. The molecule has 1 aliphatic rings. The molecule has 1 aliphatic heterocycles. The number of carbonyl (C=O) groups is 2. The summed E-state index contributed by atoms with van der Waals surface area (Å²) in [6.45, 7) is 2.50. The van der Waals surface area contributed by atoms with Gasteiger partial charge in [0.25, 0.3) is 0 Å². The average molecular weight is 292 g/mol. The third-order valence-corrected chi connectivity index (χ3v) is 3.01. The van der Waals surface area contributed by atoms with Gasteiger partial charge in [0.1, 0.15) is 6.29 Å². The van der Waals surface area contributed by atoms with Gasteiger partial charge in [-0.05, 0) is 13.0 Å². The number of nitrogens with two attached hydrogens (primary N) is 1. The largest absolute Gasteiger partial charge is 0.398 e. The quantitative estimate of drug-likeness (QED) is 0.245. The Morgan fingerprint density at radius 2 is 2.00 bits per heavy atom. The molecular weight excluding hydrogens is 272 g/mol. The molecule has 4 N–H and O–H groups in total. The van der Waals surface area contributed by atoms with Crippen molar-refractivity contribution in [3.05, 3.63) is 46.8 Å². The van der Waals surface area contributed by atoms with E-state index in [9.17, 15) is 14.7 Å². The van der Waals surface area contributed by atoms with E-state index in [4.69, 9.17) is 10.8 Å². The number of hydrogen-bond donors (Lipinski definition) is 3. The summed E-state index contributed by atoms with van der Waals surface area (Å²) < 4.78 is 0. The molecule has 0 atom stereocenters. The summed E-state index contributed by atoms with van der Waals surface area (Å²) >= 11 is 0. The van der Waals surface area contributed by atoms with Gasteiger partial charge in [-0.2, -0.15) is 0 Å². The van der Waals surface area contributed by atoms with Crippen LogP contribution in [0.2, 0.25) is 0 Å². The molecule has 114 valence electrons. The van der Waals surface area contributed by atoms with Gasteiger partial charge in [0.15, 0.2) is 0 Å². The van der Waals surface area contributed by atoms with Gasteiger partial charge in [-0.15, -0.1) is 0 Å². The number of allylic oxidation sites excluding steroid dienone is 4. The number of hydrogen-bond acceptors (Lipinski definition) is 6. The van der Waals surface area contributed by atoms with Crippen molar-refractivity contribution < 1.29 is 19.8 Å². The minimum atomic E-state index is -0.415. The molecule has 0 aromatic rings. The van der Waals surface area contributed by atoms with Crippen molar-refractivity contribution in [1.29, 1.82) is 0 Å². The van der Waals surface area contributed by atoms with Crippen molar-refractivity contribution in [3.8, 4) is 0 Å². The Kier molecular flexibility index (Phi) is 6.58. The van der Waals surface area contributed by atoms with Gasteiger partial charge in [-0.3, -0.25) is 9.59 Å². The highest BCUT2D eigenvalue weighted by Crippen LogP contribution is 2.23. The lowest BCUT2D eigenvalue weighted by atomic mass is 9.97. The highest BCUT2D eigenvalue weighted by atomic mass is 16.3. The fraction of sp³-hybridized carbons (Fsp3) is 0.333. The minimum absolute atomic E-state index is 0.192. The predicted molar refractivity (Wildman–Crippen MR) is 79.0 cm³/mol. The van der Waals surface area contributed by atoms with Crippen LogP contribution < -0.4 is 5.73 Å². The summed E-state index contributed by atoms with van der Waals surface area (Å²) in [4.78, 5) is 24.9. The van der Waals surface area contributed by atoms with Crippen molar-refractivity contribution in [3.63, 3.8) is 0 Å². The Hall–Kier alpha value is -2.18. The molecule has 0 aliphatic carbocycles. The van der Waals surface area contributed by atoms with E-state index < -0.39 is 6.61 Å². The Morgan fingerprint density at radius 1 is 1.33 bits per heavy atom. The van der Waals surface area contributed by atoms with Gasteiger partial charge in [-0.1, -0.05) is 12.2 Å². The first-order valence-electron chi connectivity index (χ1n) is 6.59. The van der Waals surface area contributed by atoms with Crippen LogP contribution in [0.4, 0.5) is 0 Å². The molecule has 0 bridgehead atoms. The fourth-order valence-electron chi connectivity index (χ4n) is 1.87. The van der Waals surface area contributed by atoms with Crippen LogP contribution in [0.3, 0.4) is 0 Å². The summed E-state index contributed by atoms with van der Waals surface area (Å²) in [5.41, 5.74) is 6.83. The van der Waals surface area contributed by atoms with Crippen LogP contribution >= 0.6 is 0 Å². The van der Waals surface area contributed by atoms with Crippen molar-refractivity contribution in [2.45, 2.75) is 6.92 Å². The van der Waals surface area contributed by atoms with Gasteiger partial charge in [0, 0.05) is 36.0 Å². The number of nitrogens with zero attached hydrogens (tertiary/aromatic N) is 1. The maximum absolute atomic E-state index is 12.5. The molecule has 1 heterocycles. The van der Waals surface area contributed by atoms with Crippen molar-refractivity contribution in [2.75, 3.05) is 26.3 Å². The van der Waals surface area contributed by atoms with Crippen LogP contribution in [0.15, 0.2) is 46.8 Å². The number of aliphatic hydroxyl groups excluding tert-OH is 2. The summed E-state index contributed by atoms with van der Waals surface area (Å²) in [5, 5.41) is 18.2. The summed E-state index contributed by atoms with van der Waals surface area (Å²) in [6.07, 6.45) is 6.18. The van der Waals surface area contributed by atoms with Crippen molar-refractivity contribution in [2.24, 2.45) is 5.73 Å². The molecule has 1 saturated heterocycles.